The molecule has 4 aliphatic rings. The van der Waals surface area contributed by atoms with Gasteiger partial charge in [0.2, 0.25) is 0 Å². The summed E-state index contributed by atoms with van der Waals surface area (Å²) in [4.78, 5) is 22.3. The number of carbonyl (C=O) groups excluding carboxylic acids is 1. The quantitative estimate of drug-likeness (QED) is 0.236. The van der Waals surface area contributed by atoms with Crippen molar-refractivity contribution in [2.45, 2.75) is 65.5 Å². The van der Waals surface area contributed by atoms with Crippen molar-refractivity contribution < 1.29 is 18.0 Å². The van der Waals surface area contributed by atoms with Gasteiger partial charge in [-0.3, -0.25) is 9.89 Å². The van der Waals surface area contributed by atoms with Crippen LogP contribution in [0.15, 0.2) is 100 Å². The summed E-state index contributed by atoms with van der Waals surface area (Å²) in [5, 5.41) is 9.77. The number of aliphatic imine (C=N–C) groups is 1. The normalized spacial score (nSPS) is 26.0. The fraction of sp³-hybridized carbons (Fsp3) is 0.472. The van der Waals surface area contributed by atoms with Crippen LogP contribution in [0.1, 0.15) is 59.3 Å². The van der Waals surface area contributed by atoms with Gasteiger partial charge in [-0.25, -0.2) is 0 Å². The molecule has 3 aliphatic heterocycles. The summed E-state index contributed by atoms with van der Waals surface area (Å²) < 4.78 is 39.3. The molecule has 0 saturated carbocycles. The second-order valence-electron chi connectivity index (χ2n) is 12.7. The monoisotopic (exact) mass is 619 g/mol. The van der Waals surface area contributed by atoms with Gasteiger partial charge in [0.25, 0.3) is 0 Å². The van der Waals surface area contributed by atoms with Crippen LogP contribution in [-0.2, 0) is 4.79 Å². The molecule has 0 amide bonds. The maximum absolute atomic E-state index is 13.1. The number of Topliss-reactive ketones (excluding diaryl/α,β-unsaturated/α-hetero) is 1. The van der Waals surface area contributed by atoms with Crippen molar-refractivity contribution in [2.75, 3.05) is 39.3 Å². The molecule has 0 N–H and O–H groups in total. The van der Waals surface area contributed by atoms with Gasteiger partial charge in [-0.05, 0) is 106 Å². The molecule has 9 heteroatoms. The zero-order valence-corrected chi connectivity index (χ0v) is 26.7. The Morgan fingerprint density at radius 3 is 2.47 bits per heavy atom. The van der Waals surface area contributed by atoms with Gasteiger partial charge >= 0.3 is 6.18 Å². The topological polar surface area (TPSA) is 62.9 Å². The fourth-order valence-electron chi connectivity index (χ4n) is 6.41. The van der Waals surface area contributed by atoms with E-state index in [1.165, 1.54) is 17.8 Å². The van der Waals surface area contributed by atoms with E-state index in [0.29, 0.717) is 24.4 Å². The molecule has 0 bridgehead atoms. The fourth-order valence-corrected chi connectivity index (χ4v) is 6.41. The highest BCUT2D eigenvalue weighted by atomic mass is 19.4. The molecule has 240 valence electrons. The van der Waals surface area contributed by atoms with E-state index in [4.69, 9.17) is 0 Å². The molecule has 0 unspecified atom stereocenters. The van der Waals surface area contributed by atoms with Crippen LogP contribution in [0.4, 0.5) is 13.2 Å². The van der Waals surface area contributed by atoms with Crippen LogP contribution in [0.25, 0.3) is 0 Å². The van der Waals surface area contributed by atoms with Crippen molar-refractivity contribution in [1.29, 1.82) is 5.26 Å². The van der Waals surface area contributed by atoms with Gasteiger partial charge in [0, 0.05) is 61.7 Å². The van der Waals surface area contributed by atoms with Crippen molar-refractivity contribution in [3.8, 4) is 6.07 Å². The molecule has 0 aromatic rings. The number of alkyl halides is 3. The minimum absolute atomic E-state index is 0.179. The second kappa shape index (κ2) is 14.5. The molecule has 4 rings (SSSR count). The molecule has 6 nitrogen and oxygen atoms in total. The largest absolute Gasteiger partial charge is 0.393 e. The number of rotatable bonds is 10. The number of carbonyl (C=O) groups is 1. The molecule has 0 aromatic carbocycles. The Hall–Kier alpha value is -3.90. The lowest BCUT2D eigenvalue weighted by Crippen LogP contribution is -2.59. The van der Waals surface area contributed by atoms with Crippen molar-refractivity contribution in [1.82, 2.24) is 14.7 Å². The standard InChI is InChI=1S/C36H44F3N5O/c1-6-41-34-11-10-30(21-36(37,38)39)20-33(34)29(5)44-24-35(25-44)13-17-42(18-14-35)23-31-12-16-43(15-8-7-9-27(3)45)32(22-40)19-26(2)28(31)4/h6,10-12,16,19-20H,1-2,7-9,13-15,17-18,21,23-25H2,3-5H3/b16-12-,31-28+,32-19-,33-29+,41-34-. The van der Waals surface area contributed by atoms with Crippen molar-refractivity contribution >= 4 is 11.5 Å². The van der Waals surface area contributed by atoms with E-state index in [1.54, 1.807) is 19.1 Å². The summed E-state index contributed by atoms with van der Waals surface area (Å²) in [5.41, 5.74) is 6.36. The van der Waals surface area contributed by atoms with E-state index < -0.39 is 12.6 Å². The predicted octanol–water partition coefficient (Wildman–Crippen LogP) is 7.56. The van der Waals surface area contributed by atoms with Crippen LogP contribution in [0.3, 0.4) is 0 Å². The first-order valence-corrected chi connectivity index (χ1v) is 15.6. The van der Waals surface area contributed by atoms with Crippen LogP contribution in [-0.4, -0.2) is 71.6 Å². The molecular weight excluding hydrogens is 575 g/mol. The van der Waals surface area contributed by atoms with Crippen molar-refractivity contribution in [3.63, 3.8) is 0 Å². The van der Waals surface area contributed by atoms with Crippen molar-refractivity contribution in [2.24, 2.45) is 10.4 Å². The Morgan fingerprint density at radius 2 is 1.84 bits per heavy atom. The van der Waals surface area contributed by atoms with Crippen molar-refractivity contribution in [3.05, 3.63) is 95.2 Å². The molecule has 2 fully saturated rings. The van der Waals surface area contributed by atoms with E-state index in [2.05, 4.69) is 47.0 Å². The van der Waals surface area contributed by atoms with E-state index in [0.717, 1.165) is 80.8 Å². The minimum Gasteiger partial charge on any atom is -0.373 e. The second-order valence-corrected chi connectivity index (χ2v) is 12.7. The zero-order chi connectivity index (χ0) is 32.8. The first kappa shape index (κ1) is 34.0. The highest BCUT2D eigenvalue weighted by Gasteiger charge is 2.45. The minimum atomic E-state index is -4.27. The molecule has 2 saturated heterocycles. The van der Waals surface area contributed by atoms with E-state index >= 15 is 0 Å². The lowest BCUT2D eigenvalue weighted by atomic mass is 9.71. The SMILES string of the molecule is C=C/N=C1/C=CC(CC(F)(F)F)=C/C1=C(/C)N1CC2(CCN(CC3=C(\C)C(=C)/C=C(/C#N)N(CCCCC(C)=O)/C=C\3)CC2)C1. The van der Waals surface area contributed by atoms with Crippen LogP contribution >= 0.6 is 0 Å². The molecule has 3 heterocycles. The van der Waals surface area contributed by atoms with Gasteiger partial charge in [0.05, 0.1) is 12.1 Å². The predicted molar refractivity (Wildman–Crippen MR) is 174 cm³/mol. The van der Waals surface area contributed by atoms with Gasteiger partial charge in [-0.15, -0.1) is 0 Å². The van der Waals surface area contributed by atoms with Gasteiger partial charge in [0.15, 0.2) is 0 Å². The lowest BCUT2D eigenvalue weighted by Gasteiger charge is -2.55. The number of allylic oxidation sites excluding steroid dienone is 10. The summed E-state index contributed by atoms with van der Waals surface area (Å²) in [6.45, 7) is 18.7. The number of piperidine rings is 1. The number of nitrogens with zero attached hydrogens (tertiary/aromatic N) is 5. The van der Waals surface area contributed by atoms with E-state index in [-0.39, 0.29) is 16.8 Å². The third-order valence-corrected chi connectivity index (χ3v) is 9.26. The van der Waals surface area contributed by atoms with Gasteiger partial charge < -0.3 is 14.6 Å². The molecule has 1 spiro atoms. The third kappa shape index (κ3) is 8.85. The Kier molecular flexibility index (Phi) is 10.9. The van der Waals surface area contributed by atoms with Crippen LogP contribution in [0.5, 0.6) is 0 Å². The number of unbranched alkanes of at least 4 members (excludes halogenated alkanes) is 1. The molecule has 0 radical (unpaired) electrons. The van der Waals surface area contributed by atoms with Crippen LogP contribution < -0.4 is 0 Å². The summed E-state index contributed by atoms with van der Waals surface area (Å²) in [5.74, 6) is 0.179. The first-order chi connectivity index (χ1) is 21.3. The first-order valence-electron chi connectivity index (χ1n) is 15.6. The lowest BCUT2D eigenvalue weighted by molar-refractivity contribution is -0.126. The van der Waals surface area contributed by atoms with Gasteiger partial charge in [-0.1, -0.05) is 19.2 Å². The van der Waals surface area contributed by atoms with E-state index in [1.807, 2.05) is 24.1 Å². The number of ketones is 1. The van der Waals surface area contributed by atoms with E-state index in [9.17, 15) is 23.2 Å². The Morgan fingerprint density at radius 1 is 1.13 bits per heavy atom. The van der Waals surface area contributed by atoms with Gasteiger partial charge in [-0.2, -0.15) is 18.4 Å². The van der Waals surface area contributed by atoms with Crippen LogP contribution in [0.2, 0.25) is 0 Å². The number of likely N-dealkylation sites (tertiary alicyclic amines) is 2. The summed E-state index contributed by atoms with van der Waals surface area (Å²) in [6.07, 6.45) is 11.1. The average molecular weight is 620 g/mol. The number of nitriles is 1. The number of hydrogen-bond donors (Lipinski definition) is 0. The third-order valence-electron chi connectivity index (χ3n) is 9.26. The zero-order valence-electron chi connectivity index (χ0n) is 26.7. The smallest absolute Gasteiger partial charge is 0.373 e. The Labute approximate surface area is 265 Å². The summed E-state index contributed by atoms with van der Waals surface area (Å²) in [7, 11) is 0. The highest BCUT2D eigenvalue weighted by Crippen LogP contribution is 2.43. The van der Waals surface area contributed by atoms with Crippen LogP contribution in [0, 0.1) is 16.7 Å². The number of hydrogen-bond acceptors (Lipinski definition) is 6. The maximum Gasteiger partial charge on any atom is 0.393 e. The number of halogens is 3. The molecule has 0 aromatic heterocycles. The summed E-state index contributed by atoms with van der Waals surface area (Å²) in [6, 6.07) is 2.30. The highest BCUT2D eigenvalue weighted by molar-refractivity contribution is 6.12. The summed E-state index contributed by atoms with van der Waals surface area (Å²) >= 11 is 0. The molecular formula is C36H44F3N5O. The maximum atomic E-state index is 13.1. The Bertz CT molecular complexity index is 1450. The molecule has 45 heavy (non-hydrogen) atoms. The van der Waals surface area contributed by atoms with Gasteiger partial charge in [0.1, 0.15) is 17.5 Å². The molecule has 1 aliphatic carbocycles. The molecule has 0 atom stereocenters. The Balaban J connectivity index is 1.38. The average Bonchev–Trinajstić information content (AvgIpc) is 2.96.